The third kappa shape index (κ3) is 1.15. The molecule has 3 aliphatic rings. The zero-order chi connectivity index (χ0) is 12.7. The number of fused-ring (bicyclic) bond motifs is 7. The van der Waals surface area contributed by atoms with E-state index in [1.807, 2.05) is 0 Å². The highest BCUT2D eigenvalue weighted by atomic mass is 35.5. The first-order chi connectivity index (χ1) is 9.27. The normalized spacial score (nSPS) is 42.0. The molecule has 0 aromatic heterocycles. The number of halogens is 2. The van der Waals surface area contributed by atoms with E-state index in [4.69, 9.17) is 23.2 Å². The second-order valence-corrected chi connectivity index (χ2v) is 7.30. The van der Waals surface area contributed by atoms with Crippen molar-refractivity contribution in [3.8, 4) is 0 Å². The average Bonchev–Trinajstić information content (AvgIpc) is 3.05. The zero-order valence-electron chi connectivity index (χ0n) is 10.4. The third-order valence-electron chi connectivity index (χ3n) is 5.66. The molecule has 0 nitrogen and oxygen atoms in total. The van der Waals surface area contributed by atoms with Gasteiger partial charge < -0.3 is 0 Å². The Labute approximate surface area is 122 Å². The molecule has 2 bridgehead atoms. The van der Waals surface area contributed by atoms with Gasteiger partial charge in [-0.25, -0.2) is 0 Å². The van der Waals surface area contributed by atoms with Crippen LogP contribution in [0, 0.1) is 11.8 Å². The van der Waals surface area contributed by atoms with Crippen LogP contribution in [0.5, 0.6) is 0 Å². The molecular formula is C17H14Cl2. The van der Waals surface area contributed by atoms with Crippen LogP contribution in [0.1, 0.15) is 29.4 Å². The number of rotatable bonds is 0. The molecular weight excluding hydrogens is 275 g/mol. The molecule has 19 heavy (non-hydrogen) atoms. The van der Waals surface area contributed by atoms with E-state index in [0.29, 0.717) is 23.7 Å². The van der Waals surface area contributed by atoms with Gasteiger partial charge in [0, 0.05) is 0 Å². The molecule has 2 aromatic carbocycles. The van der Waals surface area contributed by atoms with Gasteiger partial charge in [-0.15, -0.1) is 23.2 Å². The first kappa shape index (κ1) is 11.0. The van der Waals surface area contributed by atoms with Crippen LogP contribution in [0.2, 0.25) is 0 Å². The SMILES string of the molecule is Cl[C@@H]1[C@H](Cl)[C@@H]2C[C@H]1[C@H]1c3cccc4cccc(c34)[C@@H]21. The van der Waals surface area contributed by atoms with E-state index in [0.717, 1.165) is 0 Å². The lowest BCUT2D eigenvalue weighted by atomic mass is 9.77. The van der Waals surface area contributed by atoms with Crippen LogP contribution < -0.4 is 0 Å². The monoisotopic (exact) mass is 288 g/mol. The molecule has 2 fully saturated rings. The molecule has 2 aromatic rings. The average molecular weight is 289 g/mol. The summed E-state index contributed by atoms with van der Waals surface area (Å²) in [6.07, 6.45) is 1.21. The predicted molar refractivity (Wildman–Crippen MR) is 80.3 cm³/mol. The number of benzene rings is 2. The summed E-state index contributed by atoms with van der Waals surface area (Å²) in [7, 11) is 0. The Morgan fingerprint density at radius 3 is 1.84 bits per heavy atom. The quantitative estimate of drug-likeness (QED) is 0.606. The Kier molecular flexibility index (Phi) is 2.01. The summed E-state index contributed by atoms with van der Waals surface area (Å²) in [4.78, 5) is 0. The maximum atomic E-state index is 6.57. The lowest BCUT2D eigenvalue weighted by Gasteiger charge is -2.33. The summed E-state index contributed by atoms with van der Waals surface area (Å²) in [6, 6.07) is 13.5. The van der Waals surface area contributed by atoms with Gasteiger partial charge in [0.05, 0.1) is 10.8 Å². The van der Waals surface area contributed by atoms with E-state index in [-0.39, 0.29) is 10.8 Å². The van der Waals surface area contributed by atoms with Crippen molar-refractivity contribution in [2.45, 2.75) is 29.0 Å². The molecule has 0 N–H and O–H groups in total. The summed E-state index contributed by atoms with van der Waals surface area (Å²) in [5.41, 5.74) is 3.06. The molecule has 0 saturated heterocycles. The van der Waals surface area contributed by atoms with Gasteiger partial charge in [0.2, 0.25) is 0 Å². The van der Waals surface area contributed by atoms with Crippen molar-refractivity contribution in [1.29, 1.82) is 0 Å². The minimum atomic E-state index is 0.150. The van der Waals surface area contributed by atoms with Crippen LogP contribution in [0.25, 0.3) is 10.8 Å². The summed E-state index contributed by atoms with van der Waals surface area (Å²) < 4.78 is 0. The van der Waals surface area contributed by atoms with Crippen molar-refractivity contribution < 1.29 is 0 Å². The van der Waals surface area contributed by atoms with Crippen molar-refractivity contribution in [3.05, 3.63) is 47.5 Å². The maximum Gasteiger partial charge on any atom is 0.0537 e. The minimum absolute atomic E-state index is 0.150. The number of hydrogen-bond acceptors (Lipinski definition) is 0. The molecule has 0 radical (unpaired) electrons. The van der Waals surface area contributed by atoms with Crippen LogP contribution in [0.15, 0.2) is 36.4 Å². The van der Waals surface area contributed by atoms with E-state index in [2.05, 4.69) is 36.4 Å². The fraction of sp³-hybridized carbons (Fsp3) is 0.412. The molecule has 2 heteroatoms. The second-order valence-electron chi connectivity index (χ2n) is 6.30. The molecule has 3 aliphatic carbocycles. The first-order valence-electron chi connectivity index (χ1n) is 7.07. The summed E-state index contributed by atoms with van der Waals surface area (Å²) in [5.74, 6) is 2.36. The van der Waals surface area contributed by atoms with Crippen molar-refractivity contribution in [2.75, 3.05) is 0 Å². The van der Waals surface area contributed by atoms with Gasteiger partial charge in [-0.1, -0.05) is 36.4 Å². The highest BCUT2D eigenvalue weighted by molar-refractivity contribution is 6.31. The molecule has 96 valence electrons. The summed E-state index contributed by atoms with van der Waals surface area (Å²) in [6.45, 7) is 0. The zero-order valence-corrected chi connectivity index (χ0v) is 11.9. The molecule has 6 atom stereocenters. The van der Waals surface area contributed by atoms with Gasteiger partial charge in [-0.05, 0) is 52.0 Å². The fourth-order valence-corrected chi connectivity index (χ4v) is 5.96. The van der Waals surface area contributed by atoms with E-state index < -0.39 is 0 Å². The highest BCUT2D eigenvalue weighted by Crippen LogP contribution is 2.67. The maximum absolute atomic E-state index is 6.57. The molecule has 0 amide bonds. The topological polar surface area (TPSA) is 0 Å². The van der Waals surface area contributed by atoms with Crippen LogP contribution in [0.4, 0.5) is 0 Å². The van der Waals surface area contributed by atoms with Crippen molar-refractivity contribution >= 4 is 34.0 Å². The molecule has 5 rings (SSSR count). The Morgan fingerprint density at radius 2 is 1.32 bits per heavy atom. The van der Waals surface area contributed by atoms with Crippen LogP contribution in [-0.2, 0) is 0 Å². The van der Waals surface area contributed by atoms with Gasteiger partial charge in [0.15, 0.2) is 0 Å². The Balaban J connectivity index is 1.82. The lowest BCUT2D eigenvalue weighted by Crippen LogP contribution is -2.31. The Morgan fingerprint density at radius 1 is 0.789 bits per heavy atom. The highest BCUT2D eigenvalue weighted by Gasteiger charge is 2.60. The third-order valence-corrected chi connectivity index (χ3v) is 6.98. The number of alkyl halides is 2. The Hall–Kier alpha value is -0.720. The number of hydrogen-bond donors (Lipinski definition) is 0. The molecule has 0 aliphatic heterocycles. The van der Waals surface area contributed by atoms with Crippen molar-refractivity contribution in [2.24, 2.45) is 11.8 Å². The van der Waals surface area contributed by atoms with E-state index in [1.54, 1.807) is 0 Å². The second kappa shape index (κ2) is 3.48. The minimum Gasteiger partial charge on any atom is -0.121 e. The van der Waals surface area contributed by atoms with Gasteiger partial charge in [0.1, 0.15) is 0 Å². The predicted octanol–water partition coefficient (Wildman–Crippen LogP) is 4.89. The lowest BCUT2D eigenvalue weighted by molar-refractivity contribution is 0.390. The largest absolute Gasteiger partial charge is 0.121 e. The van der Waals surface area contributed by atoms with E-state index in [9.17, 15) is 0 Å². The fourth-order valence-electron chi connectivity index (χ4n) is 5.07. The molecule has 0 unspecified atom stereocenters. The van der Waals surface area contributed by atoms with Crippen molar-refractivity contribution in [3.63, 3.8) is 0 Å². The van der Waals surface area contributed by atoms with Crippen LogP contribution in [-0.4, -0.2) is 10.8 Å². The van der Waals surface area contributed by atoms with Crippen molar-refractivity contribution in [1.82, 2.24) is 0 Å². The summed E-state index contributed by atoms with van der Waals surface area (Å²) in [5, 5.41) is 3.17. The first-order valence-corrected chi connectivity index (χ1v) is 7.94. The summed E-state index contributed by atoms with van der Waals surface area (Å²) >= 11 is 13.1. The molecule has 0 spiro atoms. The van der Waals surface area contributed by atoms with Gasteiger partial charge >= 0.3 is 0 Å². The molecule has 2 saturated carbocycles. The standard InChI is InChI=1S/C17H14Cl2/c18-16-11-7-12(17(16)19)15-10-6-2-4-8-3-1-5-9(13(8)10)14(11)15/h1-6,11-12,14-17H,7H2/t11-,12+,14+,15-,16-,17+. The molecule has 0 heterocycles. The van der Waals surface area contributed by atoms with Gasteiger partial charge in [-0.2, -0.15) is 0 Å². The van der Waals surface area contributed by atoms with E-state index >= 15 is 0 Å². The Bertz CT molecular complexity index is 638. The van der Waals surface area contributed by atoms with Crippen LogP contribution in [0.3, 0.4) is 0 Å². The van der Waals surface area contributed by atoms with Gasteiger partial charge in [0.25, 0.3) is 0 Å². The van der Waals surface area contributed by atoms with Gasteiger partial charge in [-0.3, -0.25) is 0 Å². The van der Waals surface area contributed by atoms with E-state index in [1.165, 1.54) is 28.3 Å². The van der Waals surface area contributed by atoms with Crippen LogP contribution >= 0.6 is 23.2 Å². The smallest absolute Gasteiger partial charge is 0.0537 e.